The highest BCUT2D eigenvalue weighted by molar-refractivity contribution is 6.06. The Bertz CT molecular complexity index is 678. The Kier molecular flexibility index (Phi) is 4.48. The molecule has 2 fully saturated rings. The van der Waals surface area contributed by atoms with Crippen molar-refractivity contribution in [1.82, 2.24) is 10.6 Å². The Balaban J connectivity index is 1.68. The van der Waals surface area contributed by atoms with Crippen LogP contribution < -0.4 is 21.3 Å². The van der Waals surface area contributed by atoms with E-state index in [4.69, 9.17) is 5.73 Å². The number of benzene rings is 1. The first-order chi connectivity index (χ1) is 12.1. The maximum Gasteiger partial charge on any atom is 0.248 e. The van der Waals surface area contributed by atoms with Crippen LogP contribution in [0.3, 0.4) is 0 Å². The van der Waals surface area contributed by atoms with Gasteiger partial charge in [0.2, 0.25) is 11.8 Å². The number of rotatable bonds is 4. The number of piperidine rings is 1. The lowest BCUT2D eigenvalue weighted by molar-refractivity contribution is -0.120. The van der Waals surface area contributed by atoms with Gasteiger partial charge in [0, 0.05) is 17.3 Å². The molecule has 2 saturated heterocycles. The van der Waals surface area contributed by atoms with Crippen molar-refractivity contribution in [1.29, 1.82) is 0 Å². The van der Waals surface area contributed by atoms with Crippen molar-refractivity contribution < 1.29 is 9.59 Å². The molecule has 2 unspecified atom stereocenters. The number of carbonyl (C=O) groups excluding carboxylic acids is 2. The van der Waals surface area contributed by atoms with Crippen LogP contribution in [0.2, 0.25) is 0 Å². The molecule has 1 aromatic rings. The lowest BCUT2D eigenvalue weighted by atomic mass is 9.88. The van der Waals surface area contributed by atoms with Crippen molar-refractivity contribution in [3.63, 3.8) is 0 Å². The molecule has 0 spiro atoms. The van der Waals surface area contributed by atoms with E-state index in [9.17, 15) is 9.59 Å². The van der Waals surface area contributed by atoms with Gasteiger partial charge in [0.15, 0.2) is 0 Å². The third-order valence-corrected chi connectivity index (χ3v) is 5.89. The molecule has 134 valence electrons. The topological polar surface area (TPSA) is 87.5 Å². The van der Waals surface area contributed by atoms with Crippen LogP contribution in [0.15, 0.2) is 18.2 Å². The summed E-state index contributed by atoms with van der Waals surface area (Å²) in [5, 5.41) is 6.75. The maximum absolute atomic E-state index is 13.3. The number of nitrogens with one attached hydrogen (secondary N) is 2. The quantitative estimate of drug-likeness (QED) is 0.761. The Morgan fingerprint density at radius 2 is 1.92 bits per heavy atom. The fraction of sp³-hybridized carbons (Fsp3) is 0.579. The third kappa shape index (κ3) is 3.04. The standard InChI is InChI=1S/C19H26N4O2/c20-18(24)13-1-2-17-15(10-13)16(9-12-3-6-22-11-12)19(25)23(17)14-4-7-21-8-5-14/h1-2,10,12,14,16,21-22H,3-9,11H2,(H2,20,24). The highest BCUT2D eigenvalue weighted by atomic mass is 16.2. The summed E-state index contributed by atoms with van der Waals surface area (Å²) in [6.07, 6.45) is 3.91. The number of hydrogen-bond acceptors (Lipinski definition) is 4. The minimum Gasteiger partial charge on any atom is -0.366 e. The van der Waals surface area contributed by atoms with E-state index in [1.807, 2.05) is 17.0 Å². The predicted molar refractivity (Wildman–Crippen MR) is 96.7 cm³/mol. The normalized spacial score (nSPS) is 26.9. The highest BCUT2D eigenvalue weighted by Gasteiger charge is 2.42. The smallest absolute Gasteiger partial charge is 0.248 e. The minimum atomic E-state index is -0.433. The van der Waals surface area contributed by atoms with E-state index in [2.05, 4.69) is 10.6 Å². The molecular weight excluding hydrogens is 316 g/mol. The molecule has 0 aliphatic carbocycles. The van der Waals surface area contributed by atoms with E-state index in [-0.39, 0.29) is 17.9 Å². The van der Waals surface area contributed by atoms with Crippen molar-refractivity contribution >= 4 is 17.5 Å². The van der Waals surface area contributed by atoms with Crippen LogP contribution in [-0.4, -0.2) is 44.0 Å². The molecule has 0 bridgehead atoms. The average Bonchev–Trinajstić information content (AvgIpc) is 3.22. The summed E-state index contributed by atoms with van der Waals surface area (Å²) in [6.45, 7) is 3.89. The number of nitrogens with zero attached hydrogens (tertiary/aromatic N) is 1. The molecule has 4 N–H and O–H groups in total. The van der Waals surface area contributed by atoms with Gasteiger partial charge < -0.3 is 21.3 Å². The van der Waals surface area contributed by atoms with Crippen LogP contribution in [0, 0.1) is 5.92 Å². The number of hydrogen-bond donors (Lipinski definition) is 3. The second-order valence-electron chi connectivity index (χ2n) is 7.47. The van der Waals surface area contributed by atoms with E-state index in [1.54, 1.807) is 6.07 Å². The van der Waals surface area contributed by atoms with E-state index < -0.39 is 5.91 Å². The fourth-order valence-corrected chi connectivity index (χ4v) is 4.54. The zero-order valence-corrected chi connectivity index (χ0v) is 14.5. The highest BCUT2D eigenvalue weighted by Crippen LogP contribution is 2.43. The van der Waals surface area contributed by atoms with E-state index >= 15 is 0 Å². The van der Waals surface area contributed by atoms with Gasteiger partial charge in [-0.3, -0.25) is 9.59 Å². The molecule has 0 radical (unpaired) electrons. The van der Waals surface area contributed by atoms with Crippen molar-refractivity contribution in [2.24, 2.45) is 11.7 Å². The number of primary amides is 1. The first kappa shape index (κ1) is 16.5. The zero-order chi connectivity index (χ0) is 17.4. The summed E-state index contributed by atoms with van der Waals surface area (Å²) in [6, 6.07) is 5.77. The summed E-state index contributed by atoms with van der Waals surface area (Å²) in [5.41, 5.74) is 7.94. The van der Waals surface area contributed by atoms with Crippen LogP contribution in [-0.2, 0) is 4.79 Å². The second-order valence-corrected chi connectivity index (χ2v) is 7.47. The van der Waals surface area contributed by atoms with E-state index in [0.717, 1.165) is 63.1 Å². The van der Waals surface area contributed by atoms with Crippen LogP contribution >= 0.6 is 0 Å². The van der Waals surface area contributed by atoms with Gasteiger partial charge in [0.1, 0.15) is 0 Å². The first-order valence-electron chi connectivity index (χ1n) is 9.33. The fourth-order valence-electron chi connectivity index (χ4n) is 4.54. The Morgan fingerprint density at radius 1 is 1.16 bits per heavy atom. The summed E-state index contributed by atoms with van der Waals surface area (Å²) in [7, 11) is 0. The summed E-state index contributed by atoms with van der Waals surface area (Å²) < 4.78 is 0. The van der Waals surface area contributed by atoms with Gasteiger partial charge in [-0.25, -0.2) is 0 Å². The molecule has 0 saturated carbocycles. The van der Waals surface area contributed by atoms with Crippen molar-refractivity contribution in [2.75, 3.05) is 31.1 Å². The Morgan fingerprint density at radius 3 is 2.60 bits per heavy atom. The van der Waals surface area contributed by atoms with Crippen LogP contribution in [0.1, 0.15) is 47.5 Å². The molecule has 3 aliphatic heterocycles. The lowest BCUT2D eigenvalue weighted by Crippen LogP contribution is -2.45. The molecule has 6 heteroatoms. The number of nitrogens with two attached hydrogens (primary N) is 1. The number of anilines is 1. The van der Waals surface area contributed by atoms with Crippen molar-refractivity contribution in [3.05, 3.63) is 29.3 Å². The van der Waals surface area contributed by atoms with Crippen LogP contribution in [0.5, 0.6) is 0 Å². The summed E-state index contributed by atoms with van der Waals surface area (Å²) in [5.74, 6) is 0.147. The molecule has 25 heavy (non-hydrogen) atoms. The SMILES string of the molecule is NC(=O)c1ccc2c(c1)C(CC1CCNC1)C(=O)N2C1CCNCC1. The van der Waals surface area contributed by atoms with Gasteiger partial charge >= 0.3 is 0 Å². The third-order valence-electron chi connectivity index (χ3n) is 5.89. The van der Waals surface area contributed by atoms with Gasteiger partial charge in [-0.05, 0) is 81.5 Å². The van der Waals surface area contributed by atoms with Gasteiger partial charge in [-0.15, -0.1) is 0 Å². The van der Waals surface area contributed by atoms with Crippen molar-refractivity contribution in [3.8, 4) is 0 Å². The molecule has 0 aromatic heterocycles. The van der Waals surface area contributed by atoms with Crippen LogP contribution in [0.25, 0.3) is 0 Å². The number of carbonyl (C=O) groups is 2. The zero-order valence-electron chi connectivity index (χ0n) is 14.5. The van der Waals surface area contributed by atoms with Crippen molar-refractivity contribution in [2.45, 2.75) is 37.6 Å². The molecular formula is C19H26N4O2. The first-order valence-corrected chi connectivity index (χ1v) is 9.33. The lowest BCUT2D eigenvalue weighted by Gasteiger charge is -2.32. The van der Waals surface area contributed by atoms with Gasteiger partial charge in [-0.1, -0.05) is 0 Å². The second kappa shape index (κ2) is 6.77. The molecule has 4 rings (SSSR count). The van der Waals surface area contributed by atoms with Crippen LogP contribution in [0.4, 0.5) is 5.69 Å². The molecule has 1 aromatic carbocycles. The van der Waals surface area contributed by atoms with E-state index in [0.29, 0.717) is 11.5 Å². The van der Waals surface area contributed by atoms with E-state index in [1.165, 1.54) is 0 Å². The largest absolute Gasteiger partial charge is 0.366 e. The average molecular weight is 342 g/mol. The Hall–Kier alpha value is -1.92. The number of fused-ring (bicyclic) bond motifs is 1. The maximum atomic E-state index is 13.3. The predicted octanol–water partition coefficient (Wildman–Crippen LogP) is 0.967. The summed E-state index contributed by atoms with van der Waals surface area (Å²) >= 11 is 0. The number of amides is 2. The Labute approximate surface area is 148 Å². The molecule has 3 heterocycles. The van der Waals surface area contributed by atoms with Gasteiger partial charge in [0.25, 0.3) is 0 Å². The molecule has 6 nitrogen and oxygen atoms in total. The molecule has 2 atom stereocenters. The minimum absolute atomic E-state index is 0.144. The molecule has 3 aliphatic rings. The monoisotopic (exact) mass is 342 g/mol. The van der Waals surface area contributed by atoms with Gasteiger partial charge in [-0.2, -0.15) is 0 Å². The van der Waals surface area contributed by atoms with Gasteiger partial charge in [0.05, 0.1) is 5.92 Å². The molecule has 2 amide bonds. The summed E-state index contributed by atoms with van der Waals surface area (Å²) in [4.78, 5) is 26.9.